The lowest BCUT2D eigenvalue weighted by atomic mass is 10.3. The molecule has 0 aliphatic heterocycles. The molecule has 2 rings (SSSR count). The number of sulfonamides is 1. The van der Waals surface area contributed by atoms with Crippen LogP contribution in [0.25, 0.3) is 0 Å². The predicted octanol–water partition coefficient (Wildman–Crippen LogP) is 2.78. The average Bonchev–Trinajstić information content (AvgIpc) is 2.47. The van der Waals surface area contributed by atoms with Gasteiger partial charge in [0, 0.05) is 10.7 Å². The van der Waals surface area contributed by atoms with Gasteiger partial charge in [0.15, 0.2) is 0 Å². The van der Waals surface area contributed by atoms with Crippen LogP contribution in [0.15, 0.2) is 53.4 Å². The zero-order valence-electron chi connectivity index (χ0n) is 12.1. The molecule has 8 heteroatoms. The van der Waals surface area contributed by atoms with Gasteiger partial charge >= 0.3 is 0 Å². The number of hydrogen-bond donors (Lipinski definition) is 2. The van der Waals surface area contributed by atoms with Crippen molar-refractivity contribution >= 4 is 33.2 Å². The Labute approximate surface area is 138 Å². The van der Waals surface area contributed by atoms with Crippen molar-refractivity contribution in [3.63, 3.8) is 0 Å². The van der Waals surface area contributed by atoms with Crippen LogP contribution >= 0.6 is 11.6 Å². The van der Waals surface area contributed by atoms with Gasteiger partial charge in [-0.15, -0.1) is 0 Å². The van der Waals surface area contributed by atoms with Crippen LogP contribution in [-0.4, -0.2) is 20.4 Å². The van der Waals surface area contributed by atoms with Crippen molar-refractivity contribution in [3.05, 3.63) is 59.4 Å². The van der Waals surface area contributed by atoms with E-state index in [9.17, 15) is 17.6 Å². The fourth-order valence-corrected chi connectivity index (χ4v) is 3.11. The molecule has 0 aliphatic rings. The summed E-state index contributed by atoms with van der Waals surface area (Å²) in [7, 11) is -3.87. The Balaban J connectivity index is 2.06. The maximum absolute atomic E-state index is 13.1. The van der Waals surface area contributed by atoms with Crippen molar-refractivity contribution < 1.29 is 17.6 Å². The molecule has 5 nitrogen and oxygen atoms in total. The summed E-state index contributed by atoms with van der Waals surface area (Å²) in [4.78, 5) is 12.0. The number of anilines is 1. The molecular weight excluding hydrogens is 343 g/mol. The first-order valence-corrected chi connectivity index (χ1v) is 8.48. The zero-order valence-corrected chi connectivity index (χ0v) is 13.7. The molecule has 0 spiro atoms. The Kier molecular flexibility index (Phi) is 5.35. The third kappa shape index (κ3) is 4.75. The molecular formula is C15H14ClFN2O3S. The van der Waals surface area contributed by atoms with Gasteiger partial charge in [-0.05, 0) is 49.4 Å². The molecule has 0 fully saturated rings. The van der Waals surface area contributed by atoms with Gasteiger partial charge in [-0.25, -0.2) is 12.8 Å². The quantitative estimate of drug-likeness (QED) is 0.865. The molecule has 0 saturated carbocycles. The normalized spacial score (nSPS) is 12.7. The van der Waals surface area contributed by atoms with Gasteiger partial charge in [-0.2, -0.15) is 4.72 Å². The van der Waals surface area contributed by atoms with Gasteiger partial charge in [-0.1, -0.05) is 17.7 Å². The molecule has 0 heterocycles. The molecule has 2 aromatic rings. The first kappa shape index (κ1) is 17.4. The maximum atomic E-state index is 13.1. The van der Waals surface area contributed by atoms with Gasteiger partial charge in [0.25, 0.3) is 0 Å². The SMILES string of the molecule is C[C@H](NS(=O)(=O)c1ccc(Cl)cc1)C(=O)Nc1cccc(F)c1. The van der Waals surface area contributed by atoms with E-state index in [0.717, 1.165) is 6.07 Å². The number of nitrogens with one attached hydrogen (secondary N) is 2. The van der Waals surface area contributed by atoms with E-state index < -0.39 is 27.8 Å². The van der Waals surface area contributed by atoms with Gasteiger partial charge in [0.2, 0.25) is 15.9 Å². The smallest absolute Gasteiger partial charge is 0.242 e. The fourth-order valence-electron chi connectivity index (χ4n) is 1.78. The molecule has 2 aromatic carbocycles. The Morgan fingerprint density at radius 3 is 2.43 bits per heavy atom. The predicted molar refractivity (Wildman–Crippen MR) is 86.3 cm³/mol. The molecule has 1 atom stereocenters. The van der Waals surface area contributed by atoms with Gasteiger partial charge in [-0.3, -0.25) is 4.79 Å². The Morgan fingerprint density at radius 2 is 1.83 bits per heavy atom. The monoisotopic (exact) mass is 356 g/mol. The summed E-state index contributed by atoms with van der Waals surface area (Å²) in [6.45, 7) is 1.39. The summed E-state index contributed by atoms with van der Waals surface area (Å²) >= 11 is 5.71. The molecule has 0 bridgehead atoms. The summed E-state index contributed by atoms with van der Waals surface area (Å²) in [6.07, 6.45) is 0. The third-order valence-electron chi connectivity index (χ3n) is 2.94. The van der Waals surface area contributed by atoms with Crippen molar-refractivity contribution in [3.8, 4) is 0 Å². The van der Waals surface area contributed by atoms with Gasteiger partial charge in [0.05, 0.1) is 10.9 Å². The van der Waals surface area contributed by atoms with E-state index in [1.165, 1.54) is 49.4 Å². The molecule has 2 N–H and O–H groups in total. The van der Waals surface area contributed by atoms with Crippen LogP contribution in [0, 0.1) is 5.82 Å². The van der Waals surface area contributed by atoms with Crippen molar-refractivity contribution in [1.29, 1.82) is 0 Å². The first-order valence-electron chi connectivity index (χ1n) is 6.62. The van der Waals surface area contributed by atoms with Crippen LogP contribution in [0.1, 0.15) is 6.92 Å². The van der Waals surface area contributed by atoms with Gasteiger partial charge < -0.3 is 5.32 Å². The van der Waals surface area contributed by atoms with Gasteiger partial charge in [0.1, 0.15) is 5.82 Å². The average molecular weight is 357 g/mol. The fraction of sp³-hybridized carbons (Fsp3) is 0.133. The number of rotatable bonds is 5. The first-order chi connectivity index (χ1) is 10.8. The number of carbonyl (C=O) groups is 1. The van der Waals surface area contributed by atoms with Crippen LogP contribution in [-0.2, 0) is 14.8 Å². The molecule has 122 valence electrons. The molecule has 23 heavy (non-hydrogen) atoms. The van der Waals surface area contributed by atoms with E-state index in [0.29, 0.717) is 5.02 Å². The van der Waals surface area contributed by atoms with E-state index in [2.05, 4.69) is 10.0 Å². The molecule has 0 aliphatic carbocycles. The number of carbonyl (C=O) groups excluding carboxylic acids is 1. The molecule has 0 radical (unpaired) electrons. The summed E-state index contributed by atoms with van der Waals surface area (Å²) in [6, 6.07) is 9.82. The second kappa shape index (κ2) is 7.08. The summed E-state index contributed by atoms with van der Waals surface area (Å²) in [5.74, 6) is -1.11. The topological polar surface area (TPSA) is 75.3 Å². The minimum atomic E-state index is -3.87. The van der Waals surface area contributed by atoms with E-state index in [4.69, 9.17) is 11.6 Å². The highest BCUT2D eigenvalue weighted by Gasteiger charge is 2.22. The van der Waals surface area contributed by atoms with Crippen LogP contribution in [0.2, 0.25) is 5.02 Å². The lowest BCUT2D eigenvalue weighted by Crippen LogP contribution is -2.41. The van der Waals surface area contributed by atoms with E-state index in [1.54, 1.807) is 0 Å². The maximum Gasteiger partial charge on any atom is 0.242 e. The largest absolute Gasteiger partial charge is 0.325 e. The standard InChI is InChI=1S/C15H14ClFN2O3S/c1-10(15(20)18-13-4-2-3-12(17)9-13)19-23(21,22)14-7-5-11(16)6-8-14/h2-10,19H,1H3,(H,18,20)/t10-/m0/s1. The van der Waals surface area contributed by atoms with Crippen LogP contribution in [0.3, 0.4) is 0 Å². The lowest BCUT2D eigenvalue weighted by Gasteiger charge is -2.14. The van der Waals surface area contributed by atoms with Crippen molar-refractivity contribution in [2.45, 2.75) is 17.9 Å². The molecule has 0 aromatic heterocycles. The zero-order chi connectivity index (χ0) is 17.0. The van der Waals surface area contributed by atoms with E-state index in [1.807, 2.05) is 0 Å². The summed E-state index contributed by atoms with van der Waals surface area (Å²) in [5, 5.41) is 2.84. The van der Waals surface area contributed by atoms with E-state index >= 15 is 0 Å². The Morgan fingerprint density at radius 1 is 1.17 bits per heavy atom. The number of halogens is 2. The van der Waals surface area contributed by atoms with Crippen LogP contribution in [0.4, 0.5) is 10.1 Å². The Bertz CT molecular complexity index is 810. The molecule has 0 saturated heterocycles. The van der Waals surface area contributed by atoms with Crippen molar-refractivity contribution in [1.82, 2.24) is 4.72 Å². The van der Waals surface area contributed by atoms with Crippen LogP contribution < -0.4 is 10.0 Å². The summed E-state index contributed by atoms with van der Waals surface area (Å²) < 4.78 is 39.7. The number of benzene rings is 2. The second-order valence-corrected chi connectivity index (χ2v) is 6.95. The van der Waals surface area contributed by atoms with Crippen molar-refractivity contribution in [2.75, 3.05) is 5.32 Å². The minimum absolute atomic E-state index is 0.00712. The molecule has 1 amide bonds. The highest BCUT2D eigenvalue weighted by atomic mass is 35.5. The number of hydrogen-bond acceptors (Lipinski definition) is 3. The Hall–Kier alpha value is -1.96. The van der Waals surface area contributed by atoms with Crippen LogP contribution in [0.5, 0.6) is 0 Å². The number of amides is 1. The van der Waals surface area contributed by atoms with Crippen molar-refractivity contribution in [2.24, 2.45) is 0 Å². The highest BCUT2D eigenvalue weighted by molar-refractivity contribution is 7.89. The highest BCUT2D eigenvalue weighted by Crippen LogP contribution is 2.15. The summed E-state index contributed by atoms with van der Waals surface area (Å²) in [5.41, 5.74) is 0.243. The van der Waals surface area contributed by atoms with E-state index in [-0.39, 0.29) is 10.6 Å². The minimum Gasteiger partial charge on any atom is -0.325 e. The molecule has 0 unspecified atom stereocenters. The lowest BCUT2D eigenvalue weighted by molar-refractivity contribution is -0.117. The third-order valence-corrected chi connectivity index (χ3v) is 4.75. The second-order valence-electron chi connectivity index (χ2n) is 4.80.